The van der Waals surface area contributed by atoms with Crippen molar-refractivity contribution in [1.82, 2.24) is 0 Å². The molecule has 1 aliphatic carbocycles. The Morgan fingerprint density at radius 3 is 2.38 bits per heavy atom. The minimum atomic E-state index is -0.647. The second kappa shape index (κ2) is 9.52. The Morgan fingerprint density at radius 1 is 1.08 bits per heavy atom. The zero-order chi connectivity index (χ0) is 19.4. The zero-order valence-corrected chi connectivity index (χ0v) is 17.1. The number of ether oxygens (including phenoxy) is 2. The highest BCUT2D eigenvalue weighted by molar-refractivity contribution is 5.73. The summed E-state index contributed by atoms with van der Waals surface area (Å²) in [6.07, 6.45) is 3.96. The van der Waals surface area contributed by atoms with Crippen molar-refractivity contribution in [2.75, 3.05) is 7.11 Å². The summed E-state index contributed by atoms with van der Waals surface area (Å²) in [7, 11) is 1.39. The average molecular weight is 371 g/mol. The van der Waals surface area contributed by atoms with E-state index >= 15 is 0 Å². The van der Waals surface area contributed by atoms with Gasteiger partial charge in [-0.05, 0) is 49.4 Å². The third kappa shape index (κ3) is 5.67. The third-order valence-electron chi connectivity index (χ3n) is 6.53. The molecule has 2 N–H and O–H groups in total. The number of hydrogen-bond donors (Lipinski definition) is 2. The van der Waals surface area contributed by atoms with Crippen molar-refractivity contribution in [3.05, 3.63) is 0 Å². The molecule has 2 aliphatic rings. The van der Waals surface area contributed by atoms with Crippen molar-refractivity contribution < 1.29 is 24.5 Å². The lowest BCUT2D eigenvalue weighted by molar-refractivity contribution is -0.148. The van der Waals surface area contributed by atoms with Gasteiger partial charge in [0.2, 0.25) is 0 Å². The predicted octanol–water partition coefficient (Wildman–Crippen LogP) is 3.16. The summed E-state index contributed by atoms with van der Waals surface area (Å²) < 4.78 is 10.8. The molecule has 1 heterocycles. The lowest BCUT2D eigenvalue weighted by Gasteiger charge is -2.32. The molecule has 3 unspecified atom stereocenters. The molecule has 26 heavy (non-hydrogen) atoms. The van der Waals surface area contributed by atoms with E-state index in [1.807, 2.05) is 0 Å². The molecule has 0 amide bonds. The van der Waals surface area contributed by atoms with Crippen molar-refractivity contribution in [2.24, 2.45) is 29.6 Å². The van der Waals surface area contributed by atoms with Crippen LogP contribution in [0.1, 0.15) is 66.2 Å². The number of esters is 1. The Hall–Kier alpha value is -0.650. The molecule has 0 aromatic heterocycles. The van der Waals surface area contributed by atoms with E-state index in [1.54, 1.807) is 0 Å². The number of aliphatic hydroxyl groups excluding tert-OH is 2. The molecule has 8 atom stereocenters. The molecule has 0 aromatic rings. The van der Waals surface area contributed by atoms with E-state index in [-0.39, 0.29) is 35.9 Å². The Kier molecular flexibility index (Phi) is 7.92. The largest absolute Gasteiger partial charge is 0.469 e. The lowest BCUT2D eigenvalue weighted by Crippen LogP contribution is -2.36. The monoisotopic (exact) mass is 370 g/mol. The Labute approximate surface area is 158 Å². The van der Waals surface area contributed by atoms with Crippen LogP contribution in [0.3, 0.4) is 0 Å². The maximum Gasteiger partial charge on any atom is 0.311 e. The average Bonchev–Trinajstić information content (AvgIpc) is 3.33. The van der Waals surface area contributed by atoms with Gasteiger partial charge in [0, 0.05) is 0 Å². The maximum absolute atomic E-state index is 12.3. The molecule has 0 radical (unpaired) electrons. The molecular weight excluding hydrogens is 332 g/mol. The fourth-order valence-electron chi connectivity index (χ4n) is 4.53. The van der Waals surface area contributed by atoms with Crippen LogP contribution in [-0.2, 0) is 14.3 Å². The van der Waals surface area contributed by atoms with Gasteiger partial charge in [-0.15, -0.1) is 0 Å². The quantitative estimate of drug-likeness (QED) is 0.576. The van der Waals surface area contributed by atoms with E-state index in [1.165, 1.54) is 7.11 Å². The lowest BCUT2D eigenvalue weighted by atomic mass is 9.78. The van der Waals surface area contributed by atoms with Gasteiger partial charge in [-0.2, -0.15) is 0 Å². The highest BCUT2D eigenvalue weighted by Gasteiger charge is 2.49. The van der Waals surface area contributed by atoms with E-state index in [0.717, 1.165) is 25.7 Å². The molecule has 152 valence electrons. The predicted molar refractivity (Wildman–Crippen MR) is 101 cm³/mol. The van der Waals surface area contributed by atoms with Crippen LogP contribution >= 0.6 is 0 Å². The Bertz CT molecular complexity index is 452. The van der Waals surface area contributed by atoms with Gasteiger partial charge in [0.05, 0.1) is 37.4 Å². The first-order valence-electron chi connectivity index (χ1n) is 10.3. The number of fused-ring (bicyclic) bond motifs is 1. The van der Waals surface area contributed by atoms with Crippen molar-refractivity contribution in [2.45, 2.75) is 90.6 Å². The van der Waals surface area contributed by atoms with Gasteiger partial charge < -0.3 is 19.7 Å². The molecule has 0 spiro atoms. The smallest absolute Gasteiger partial charge is 0.311 e. The van der Waals surface area contributed by atoms with Crippen LogP contribution in [0.15, 0.2) is 0 Å². The summed E-state index contributed by atoms with van der Waals surface area (Å²) in [5.74, 6) is 0.218. The first-order chi connectivity index (χ1) is 12.2. The summed E-state index contributed by atoms with van der Waals surface area (Å²) in [6, 6.07) is 0. The van der Waals surface area contributed by atoms with Gasteiger partial charge in [0.25, 0.3) is 0 Å². The zero-order valence-electron chi connectivity index (χ0n) is 17.1. The minimum Gasteiger partial charge on any atom is -0.469 e. The van der Waals surface area contributed by atoms with Crippen LogP contribution < -0.4 is 0 Å². The molecule has 1 saturated heterocycles. The molecule has 1 aliphatic heterocycles. The summed E-state index contributed by atoms with van der Waals surface area (Å²) in [5, 5.41) is 21.5. The highest BCUT2D eigenvalue weighted by Crippen LogP contribution is 2.40. The Morgan fingerprint density at radius 2 is 1.77 bits per heavy atom. The molecule has 5 nitrogen and oxygen atoms in total. The van der Waals surface area contributed by atoms with Crippen molar-refractivity contribution in [1.29, 1.82) is 0 Å². The van der Waals surface area contributed by atoms with E-state index in [0.29, 0.717) is 18.8 Å². The fraction of sp³-hybridized carbons (Fsp3) is 0.952. The number of epoxide rings is 1. The van der Waals surface area contributed by atoms with Crippen molar-refractivity contribution in [3.63, 3.8) is 0 Å². The second-order valence-electron chi connectivity index (χ2n) is 9.03. The number of rotatable bonds is 2. The number of hydrogen-bond acceptors (Lipinski definition) is 5. The van der Waals surface area contributed by atoms with Gasteiger partial charge in [0.15, 0.2) is 0 Å². The van der Waals surface area contributed by atoms with Crippen LogP contribution in [0.5, 0.6) is 0 Å². The van der Waals surface area contributed by atoms with Gasteiger partial charge in [0.1, 0.15) is 0 Å². The highest BCUT2D eigenvalue weighted by atomic mass is 16.6. The summed E-state index contributed by atoms with van der Waals surface area (Å²) in [4.78, 5) is 12.3. The standard InChI is InChI=1S/C21H38O5/c1-12(2)15-10-17(22)14(4)8-6-7-13(3)9-19-20(26-19)16(11-18(15)23)21(24)25-5/h12-20,22-23H,6-11H2,1-5H3/t13-,14+,15-,16?,17+,18-,19?,20?/m1/s1. The van der Waals surface area contributed by atoms with Gasteiger partial charge in [-0.1, -0.05) is 40.5 Å². The molecule has 0 bridgehead atoms. The molecule has 0 aromatic carbocycles. The normalized spacial score (nSPS) is 42.6. The van der Waals surface area contributed by atoms with Gasteiger partial charge >= 0.3 is 5.97 Å². The summed E-state index contributed by atoms with van der Waals surface area (Å²) in [6.45, 7) is 8.46. The molecule has 1 saturated carbocycles. The number of carbonyl (C=O) groups is 1. The van der Waals surface area contributed by atoms with Crippen LogP contribution in [-0.4, -0.2) is 47.7 Å². The van der Waals surface area contributed by atoms with Crippen molar-refractivity contribution >= 4 is 5.97 Å². The van der Waals surface area contributed by atoms with Crippen molar-refractivity contribution in [3.8, 4) is 0 Å². The Balaban J connectivity index is 2.17. The fourth-order valence-corrected chi connectivity index (χ4v) is 4.53. The first kappa shape index (κ1) is 21.6. The van der Waals surface area contributed by atoms with Gasteiger partial charge in [-0.25, -0.2) is 0 Å². The maximum atomic E-state index is 12.3. The first-order valence-corrected chi connectivity index (χ1v) is 10.3. The minimum absolute atomic E-state index is 0.0429. The molecule has 2 rings (SSSR count). The molecule has 5 heteroatoms. The van der Waals surface area contributed by atoms with Crippen LogP contribution in [0.2, 0.25) is 0 Å². The number of carbonyl (C=O) groups excluding carboxylic acids is 1. The molecule has 2 fully saturated rings. The summed E-state index contributed by atoms with van der Waals surface area (Å²) in [5.41, 5.74) is 0. The topological polar surface area (TPSA) is 79.3 Å². The number of methoxy groups -OCH3 is 1. The van der Waals surface area contributed by atoms with E-state index in [9.17, 15) is 15.0 Å². The van der Waals surface area contributed by atoms with Crippen LogP contribution in [0.4, 0.5) is 0 Å². The SMILES string of the molecule is COC(=O)C1C[C@@H](O)[C@@H](C(C)C)C[C@H](O)[C@@H](C)CCC[C@@H](C)CC2OC21. The number of aliphatic hydroxyl groups is 2. The second-order valence-corrected chi connectivity index (χ2v) is 9.03. The van der Waals surface area contributed by atoms with Gasteiger partial charge in [-0.3, -0.25) is 4.79 Å². The van der Waals surface area contributed by atoms with Crippen LogP contribution in [0, 0.1) is 29.6 Å². The van der Waals surface area contributed by atoms with E-state index in [2.05, 4.69) is 27.7 Å². The third-order valence-corrected chi connectivity index (χ3v) is 6.53. The summed E-state index contributed by atoms with van der Waals surface area (Å²) >= 11 is 0. The molecular formula is C21H38O5. The van der Waals surface area contributed by atoms with E-state index in [4.69, 9.17) is 9.47 Å². The van der Waals surface area contributed by atoms with E-state index < -0.39 is 18.1 Å². The van der Waals surface area contributed by atoms with Crippen LogP contribution in [0.25, 0.3) is 0 Å².